The predicted molar refractivity (Wildman–Crippen MR) is 104 cm³/mol. The van der Waals surface area contributed by atoms with Crippen LogP contribution in [0.5, 0.6) is 5.75 Å². The van der Waals surface area contributed by atoms with E-state index in [9.17, 15) is 9.59 Å². The normalized spacial score (nSPS) is 15.1. The summed E-state index contributed by atoms with van der Waals surface area (Å²) in [5, 5.41) is 9.92. The van der Waals surface area contributed by atoms with E-state index in [0.717, 1.165) is 11.1 Å². The third kappa shape index (κ3) is 3.32. The molecular formula is C20H19N5O3. The number of rotatable bonds is 5. The summed E-state index contributed by atoms with van der Waals surface area (Å²) in [6.07, 6.45) is -0.0620. The Balaban J connectivity index is 1.53. The number of methoxy groups -OCH3 is 1. The first-order valence-corrected chi connectivity index (χ1v) is 8.82. The molecule has 0 saturated carbocycles. The molecule has 1 atom stereocenters. The summed E-state index contributed by atoms with van der Waals surface area (Å²) in [6.45, 7) is 1.92. The minimum Gasteiger partial charge on any atom is -0.495 e. The molecule has 1 unspecified atom stereocenters. The van der Waals surface area contributed by atoms with E-state index >= 15 is 0 Å². The molecule has 0 aliphatic carbocycles. The molecule has 1 aliphatic rings. The smallest absolute Gasteiger partial charge is 0.252 e. The van der Waals surface area contributed by atoms with Gasteiger partial charge in [0.05, 0.1) is 19.2 Å². The minimum absolute atomic E-state index is 0.0620. The highest BCUT2D eigenvalue weighted by Gasteiger charge is 2.35. The van der Waals surface area contributed by atoms with Gasteiger partial charge in [-0.05, 0) is 24.6 Å². The van der Waals surface area contributed by atoms with Crippen molar-refractivity contribution in [3.63, 3.8) is 0 Å². The van der Waals surface area contributed by atoms with E-state index in [0.29, 0.717) is 23.2 Å². The highest BCUT2D eigenvalue weighted by Crippen LogP contribution is 2.30. The van der Waals surface area contributed by atoms with Crippen LogP contribution in [0.15, 0.2) is 48.5 Å². The molecule has 0 saturated heterocycles. The van der Waals surface area contributed by atoms with Gasteiger partial charge in [0.25, 0.3) is 5.91 Å². The second kappa shape index (κ2) is 7.15. The van der Waals surface area contributed by atoms with Crippen LogP contribution in [0.1, 0.15) is 18.0 Å². The predicted octanol–water partition coefficient (Wildman–Crippen LogP) is 2.78. The molecule has 2 amide bonds. The summed E-state index contributed by atoms with van der Waals surface area (Å²) in [4.78, 5) is 29.2. The maximum Gasteiger partial charge on any atom is 0.252 e. The monoisotopic (exact) mass is 377 g/mol. The van der Waals surface area contributed by atoms with Crippen LogP contribution in [0.25, 0.3) is 11.4 Å². The lowest BCUT2D eigenvalue weighted by molar-refractivity contribution is -0.123. The van der Waals surface area contributed by atoms with E-state index in [1.807, 2.05) is 49.4 Å². The molecule has 0 fully saturated rings. The van der Waals surface area contributed by atoms with Gasteiger partial charge in [0, 0.05) is 5.56 Å². The Hall–Kier alpha value is -3.68. The quantitative estimate of drug-likeness (QED) is 0.712. The number of ether oxygens (including phenoxy) is 1. The number of carbonyl (C=O) groups is 2. The lowest BCUT2D eigenvalue weighted by Crippen LogP contribution is -2.24. The van der Waals surface area contributed by atoms with E-state index in [4.69, 9.17) is 4.74 Å². The second-order valence-electron chi connectivity index (χ2n) is 6.53. The maximum absolute atomic E-state index is 12.6. The molecule has 1 aromatic heterocycles. The molecule has 28 heavy (non-hydrogen) atoms. The molecule has 2 heterocycles. The number of nitrogens with one attached hydrogen (secondary N) is 2. The lowest BCUT2D eigenvalue weighted by atomic mass is 10.1. The van der Waals surface area contributed by atoms with Gasteiger partial charge >= 0.3 is 0 Å². The number of fused-ring (bicyclic) bond motifs is 1. The van der Waals surface area contributed by atoms with Crippen molar-refractivity contribution in [2.24, 2.45) is 0 Å². The number of aryl methyl sites for hydroxylation is 1. The number of amides is 2. The fraction of sp³-hybridized carbons (Fsp3) is 0.200. The van der Waals surface area contributed by atoms with Gasteiger partial charge in [0.15, 0.2) is 5.82 Å². The fourth-order valence-electron chi connectivity index (χ4n) is 3.12. The molecule has 8 nitrogen and oxygen atoms in total. The van der Waals surface area contributed by atoms with Crippen LogP contribution in [0, 0.1) is 6.92 Å². The Morgan fingerprint density at radius 2 is 2.04 bits per heavy atom. The van der Waals surface area contributed by atoms with Gasteiger partial charge in [-0.1, -0.05) is 36.4 Å². The summed E-state index contributed by atoms with van der Waals surface area (Å²) in [7, 11) is 1.54. The van der Waals surface area contributed by atoms with Crippen molar-refractivity contribution in [3.8, 4) is 17.1 Å². The number of hydrogen-bond acceptors (Lipinski definition) is 5. The SMILES string of the molecule is COc1ccc(C)cc1NC(=O)CC1C(=O)Nc2nc(-c3ccccc3)nn21. The number of carbonyl (C=O) groups excluding carboxylic acids is 2. The van der Waals surface area contributed by atoms with Crippen molar-refractivity contribution in [1.82, 2.24) is 14.8 Å². The Morgan fingerprint density at radius 1 is 1.25 bits per heavy atom. The Kier molecular flexibility index (Phi) is 4.52. The maximum atomic E-state index is 12.6. The van der Waals surface area contributed by atoms with E-state index in [2.05, 4.69) is 20.7 Å². The van der Waals surface area contributed by atoms with E-state index in [-0.39, 0.29) is 18.2 Å². The molecule has 4 rings (SSSR count). The average Bonchev–Trinajstić information content (AvgIpc) is 3.21. The number of aromatic nitrogens is 3. The minimum atomic E-state index is -0.754. The van der Waals surface area contributed by atoms with Crippen molar-refractivity contribution in [2.75, 3.05) is 17.7 Å². The third-order valence-electron chi connectivity index (χ3n) is 4.50. The van der Waals surface area contributed by atoms with E-state index < -0.39 is 6.04 Å². The zero-order valence-electron chi connectivity index (χ0n) is 15.5. The van der Waals surface area contributed by atoms with E-state index in [1.54, 1.807) is 6.07 Å². The Morgan fingerprint density at radius 3 is 2.79 bits per heavy atom. The largest absolute Gasteiger partial charge is 0.495 e. The topological polar surface area (TPSA) is 98.1 Å². The summed E-state index contributed by atoms with van der Waals surface area (Å²) in [5.74, 6) is 0.786. The third-order valence-corrected chi connectivity index (χ3v) is 4.50. The van der Waals surface area contributed by atoms with Crippen LogP contribution >= 0.6 is 0 Å². The standard InChI is InChI=1S/C20H19N5O3/c1-12-8-9-16(28-2)14(10-12)21-17(26)11-15-19(27)23-20-22-18(24-25(15)20)13-6-4-3-5-7-13/h3-10,15H,11H2,1-2H3,(H,21,26)(H,22,23,24,27). The highest BCUT2D eigenvalue weighted by molar-refractivity contribution is 6.01. The number of nitrogens with zero attached hydrogens (tertiary/aromatic N) is 3. The van der Waals surface area contributed by atoms with Crippen molar-refractivity contribution in [1.29, 1.82) is 0 Å². The first-order chi connectivity index (χ1) is 13.5. The molecule has 2 N–H and O–H groups in total. The second-order valence-corrected chi connectivity index (χ2v) is 6.53. The van der Waals surface area contributed by atoms with Gasteiger partial charge in [-0.25, -0.2) is 4.68 Å². The highest BCUT2D eigenvalue weighted by atomic mass is 16.5. The van der Waals surface area contributed by atoms with Crippen LogP contribution in [-0.4, -0.2) is 33.7 Å². The average molecular weight is 377 g/mol. The van der Waals surface area contributed by atoms with Gasteiger partial charge in [-0.3, -0.25) is 14.9 Å². The van der Waals surface area contributed by atoms with Gasteiger partial charge < -0.3 is 10.1 Å². The van der Waals surface area contributed by atoms with Crippen LogP contribution in [0.3, 0.4) is 0 Å². The van der Waals surface area contributed by atoms with Crippen LogP contribution < -0.4 is 15.4 Å². The molecule has 0 spiro atoms. The Bertz CT molecular complexity index is 1050. The van der Waals surface area contributed by atoms with Crippen LogP contribution in [0.2, 0.25) is 0 Å². The fourth-order valence-corrected chi connectivity index (χ4v) is 3.12. The lowest BCUT2D eigenvalue weighted by Gasteiger charge is -2.13. The molecule has 142 valence electrons. The molecule has 8 heteroatoms. The zero-order valence-corrected chi connectivity index (χ0v) is 15.5. The number of benzene rings is 2. The Labute approximate surface area is 161 Å². The van der Waals surface area contributed by atoms with Gasteiger partial charge in [0.1, 0.15) is 11.8 Å². The molecule has 1 aliphatic heterocycles. The summed E-state index contributed by atoms with van der Waals surface area (Å²) in [5.41, 5.74) is 2.39. The number of hydrogen-bond donors (Lipinski definition) is 2. The van der Waals surface area contributed by atoms with Crippen LogP contribution in [0.4, 0.5) is 11.6 Å². The van der Waals surface area contributed by atoms with Gasteiger partial charge in [-0.2, -0.15) is 4.98 Å². The molecule has 0 radical (unpaired) electrons. The van der Waals surface area contributed by atoms with Crippen molar-refractivity contribution < 1.29 is 14.3 Å². The van der Waals surface area contributed by atoms with Crippen LogP contribution in [-0.2, 0) is 9.59 Å². The van der Waals surface area contributed by atoms with Crippen molar-refractivity contribution in [2.45, 2.75) is 19.4 Å². The first kappa shape index (κ1) is 17.7. The summed E-state index contributed by atoms with van der Waals surface area (Å²) in [6, 6.07) is 14.2. The molecular weight excluding hydrogens is 358 g/mol. The molecule has 2 aromatic carbocycles. The number of anilines is 2. The zero-order chi connectivity index (χ0) is 19.7. The molecule has 3 aromatic rings. The van der Waals surface area contributed by atoms with Gasteiger partial charge in [0.2, 0.25) is 11.9 Å². The summed E-state index contributed by atoms with van der Waals surface area (Å²) < 4.78 is 6.75. The van der Waals surface area contributed by atoms with Gasteiger partial charge in [-0.15, -0.1) is 5.10 Å². The van der Waals surface area contributed by atoms with Crippen molar-refractivity contribution >= 4 is 23.5 Å². The summed E-state index contributed by atoms with van der Waals surface area (Å²) >= 11 is 0. The van der Waals surface area contributed by atoms with Crippen molar-refractivity contribution in [3.05, 3.63) is 54.1 Å². The van der Waals surface area contributed by atoms with E-state index in [1.165, 1.54) is 11.8 Å². The first-order valence-electron chi connectivity index (χ1n) is 8.82. The molecule has 0 bridgehead atoms.